The van der Waals surface area contributed by atoms with Gasteiger partial charge < -0.3 is 33.6 Å². The predicted molar refractivity (Wildman–Crippen MR) is 83.2 cm³/mol. The van der Waals surface area contributed by atoms with Gasteiger partial charge in [0.05, 0.1) is 0 Å². The standard InChI is InChI=1S/2C6H8N2.3ClH.5Cu.2H2N/c2*1-2-6-5-7-3-4-8-6;;;;;;;;;;/h2*3-5H,2H2,1H3;3*1H;;;;;;2*1H2/q2*-2;;;;2*+1;3*+2;2*-1. The summed E-state index contributed by atoms with van der Waals surface area (Å²) in [6.45, 7) is 4.12. The van der Waals surface area contributed by atoms with Crippen LogP contribution in [-0.2, 0) is 79.4 Å². The summed E-state index contributed by atoms with van der Waals surface area (Å²) in [6, 6.07) is 0. The summed E-state index contributed by atoms with van der Waals surface area (Å²) >= 11 is 4.75. The van der Waals surface area contributed by atoms with Crippen molar-refractivity contribution in [3.63, 3.8) is 0 Å². The van der Waals surface area contributed by atoms with Crippen molar-refractivity contribution in [1.29, 1.82) is 0 Å². The molecule has 0 aromatic rings. The second-order valence-corrected chi connectivity index (χ2v) is 4.97. The summed E-state index contributed by atoms with van der Waals surface area (Å²) in [5, 5.41) is 15.9. The van der Waals surface area contributed by atoms with Gasteiger partial charge in [0.15, 0.2) is 0 Å². The summed E-state index contributed by atoms with van der Waals surface area (Å²) in [5.41, 5.74) is 2.10. The molecular weight excluding hydrogens is 652 g/mol. The molecule has 14 heteroatoms. The van der Waals surface area contributed by atoms with Gasteiger partial charge in [-0.3, -0.25) is 0 Å². The van der Waals surface area contributed by atoms with E-state index in [9.17, 15) is 0 Å². The van der Waals surface area contributed by atoms with Crippen LogP contribution in [0.2, 0.25) is 0 Å². The van der Waals surface area contributed by atoms with Crippen molar-refractivity contribution in [1.82, 2.24) is 0 Å². The van der Waals surface area contributed by atoms with Crippen LogP contribution in [0, 0.1) is 30.3 Å². The number of nitrogens with zero attached hydrogens (tertiary/aromatic N) is 4. The number of hydrogen-bond acceptors (Lipinski definition) is 0. The molecule has 0 atom stereocenters. The van der Waals surface area contributed by atoms with Crippen LogP contribution in [0.4, 0.5) is 0 Å². The minimum atomic E-state index is 0. The van der Waals surface area contributed by atoms with Gasteiger partial charge in [0.1, 0.15) is 0 Å². The van der Waals surface area contributed by atoms with E-state index < -0.39 is 0 Å². The summed E-state index contributed by atoms with van der Waals surface area (Å²) in [4.78, 5) is 0. The van der Waals surface area contributed by atoms with Gasteiger partial charge in [-0.25, -0.2) is 0 Å². The van der Waals surface area contributed by atoms with Crippen LogP contribution in [0.1, 0.15) is 26.7 Å². The first-order chi connectivity index (χ1) is 10.3. The molecule has 0 aromatic carbocycles. The Labute approximate surface area is 216 Å². The first-order valence-electron chi connectivity index (χ1n) is 5.73. The molecule has 2 heterocycles. The SMILES string of the molecule is CCC1=C[N-]C=C[N-]1.CCC1=C[N-]C=C[N-]1.[ClH+][Cu+].[ClH+][Cu][ClH+].[Cu+2].[Cu+].[Cu+].[NH2-].[NH2-]. The number of allylic oxidation sites excluding steroid dienone is 2. The normalized spacial score (nSPS) is 11.2. The Kier molecular flexibility index (Phi) is 72.6. The maximum absolute atomic E-state index is 4.11. The van der Waals surface area contributed by atoms with Gasteiger partial charge in [0.25, 0.3) is 0 Å². The Bertz CT molecular complexity index is 328. The van der Waals surface area contributed by atoms with Gasteiger partial charge in [-0.1, -0.05) is 26.7 Å². The van der Waals surface area contributed by atoms with E-state index in [0.29, 0.717) is 0 Å². The van der Waals surface area contributed by atoms with Gasteiger partial charge in [0, 0.05) is 0 Å². The molecule has 0 fully saturated rings. The van der Waals surface area contributed by atoms with Crippen LogP contribution in [-0.4, -0.2) is 0 Å². The van der Waals surface area contributed by atoms with E-state index in [0.717, 1.165) is 37.4 Å². The fraction of sp³-hybridized carbons (Fsp3) is 0.333. The molecule has 0 bridgehead atoms. The van der Waals surface area contributed by atoms with Gasteiger partial charge in [0.2, 0.25) is 0 Å². The second kappa shape index (κ2) is 41.0. The summed E-state index contributed by atoms with van der Waals surface area (Å²) in [6.07, 6.45) is 12.3. The molecule has 6 nitrogen and oxygen atoms in total. The molecule has 0 aliphatic carbocycles. The van der Waals surface area contributed by atoms with Crippen molar-refractivity contribution >= 4 is 0 Å². The monoisotopic (exact) mass is 671 g/mol. The maximum atomic E-state index is 4.11. The minimum absolute atomic E-state index is 0. The van der Waals surface area contributed by atoms with Crippen molar-refractivity contribution in [2.75, 3.05) is 0 Å². The zero-order valence-electron chi connectivity index (χ0n) is 13.6. The molecule has 2 aliphatic rings. The third kappa shape index (κ3) is 33.2. The van der Waals surface area contributed by atoms with Crippen molar-refractivity contribution in [3.8, 4) is 0 Å². The average molecular weight is 675 g/mol. The Morgan fingerprint density at radius 3 is 1.19 bits per heavy atom. The fourth-order valence-electron chi connectivity index (χ4n) is 1.03. The third-order valence-corrected chi connectivity index (χ3v) is 1.96. The largest absolute Gasteiger partial charge is 2.00 e. The van der Waals surface area contributed by atoms with E-state index in [1.165, 1.54) is 0 Å². The number of halogens is 3. The van der Waals surface area contributed by atoms with Crippen LogP contribution < -0.4 is 0 Å². The zero-order chi connectivity index (χ0) is 16.3. The Morgan fingerprint density at radius 2 is 1.08 bits per heavy atom. The molecule has 0 spiro atoms. The molecule has 0 unspecified atom stereocenters. The molecule has 175 valence electrons. The molecule has 0 saturated carbocycles. The third-order valence-electron chi connectivity index (χ3n) is 1.96. The van der Waals surface area contributed by atoms with Gasteiger partial charge in [-0.15, -0.1) is 0 Å². The predicted octanol–water partition coefficient (Wildman–Crippen LogP) is 5.56. The molecule has 0 saturated heterocycles. The number of rotatable bonds is 2. The van der Waals surface area contributed by atoms with E-state index in [1.54, 1.807) is 37.2 Å². The quantitative estimate of drug-likeness (QED) is 0.341. The molecule has 0 amide bonds. The van der Waals surface area contributed by atoms with Crippen molar-refractivity contribution in [3.05, 3.63) is 82.2 Å². The molecule has 2 aliphatic heterocycles. The second-order valence-electron chi connectivity index (χ2n) is 3.15. The van der Waals surface area contributed by atoms with Crippen LogP contribution in [0.25, 0.3) is 33.6 Å². The average Bonchev–Trinajstić information content (AvgIpc) is 2.59. The minimum Gasteiger partial charge on any atom is -0.693 e. The van der Waals surface area contributed by atoms with Crippen LogP contribution in [0.3, 0.4) is 0 Å². The van der Waals surface area contributed by atoms with E-state index in [-0.39, 0.29) is 63.5 Å². The van der Waals surface area contributed by atoms with E-state index >= 15 is 0 Å². The molecular formula is C12H23Cl3Cu5N6+2. The van der Waals surface area contributed by atoms with Crippen molar-refractivity contribution in [2.24, 2.45) is 0 Å². The zero-order valence-corrected chi connectivity index (χ0v) is 20.7. The van der Waals surface area contributed by atoms with Crippen LogP contribution >= 0.6 is 0 Å². The first kappa shape index (κ1) is 46.0. The molecule has 2 rings (SSSR count). The Hall–Kier alpha value is 1.55. The topological polar surface area (TPSA) is 123 Å². The molecule has 1 radical (unpaired) electrons. The summed E-state index contributed by atoms with van der Waals surface area (Å²) in [5.74, 6) is 0. The molecule has 4 N–H and O–H groups in total. The smallest absolute Gasteiger partial charge is 0.693 e. The fourth-order valence-corrected chi connectivity index (χ4v) is 1.03. The molecule has 0 aromatic heterocycles. The maximum Gasteiger partial charge on any atom is 2.00 e. The number of hydrogen-bond donors (Lipinski definition) is 0. The Morgan fingerprint density at radius 1 is 0.808 bits per heavy atom. The van der Waals surface area contributed by atoms with E-state index in [1.807, 2.05) is 0 Å². The first-order valence-corrected chi connectivity index (χ1v) is 9.93. The van der Waals surface area contributed by atoms with Gasteiger partial charge in [-0.2, -0.15) is 48.6 Å². The summed E-state index contributed by atoms with van der Waals surface area (Å²) < 4.78 is 0. The van der Waals surface area contributed by atoms with Crippen molar-refractivity contribution in [2.45, 2.75) is 26.7 Å². The Balaban J connectivity index is -0.0000000387. The van der Waals surface area contributed by atoms with Crippen molar-refractivity contribution < 1.29 is 110 Å². The van der Waals surface area contributed by atoms with Crippen LogP contribution in [0.15, 0.2) is 48.6 Å². The van der Waals surface area contributed by atoms with E-state index in [2.05, 4.69) is 80.5 Å². The van der Waals surface area contributed by atoms with Gasteiger partial charge >= 0.3 is 110 Å². The number of nitrogens with two attached hydrogens (primary N) is 2. The van der Waals surface area contributed by atoms with Crippen LogP contribution in [0.5, 0.6) is 0 Å². The molecule has 26 heavy (non-hydrogen) atoms. The van der Waals surface area contributed by atoms with E-state index in [4.69, 9.17) is 0 Å². The van der Waals surface area contributed by atoms with Gasteiger partial charge in [-0.05, 0) is 0 Å². The summed E-state index contributed by atoms with van der Waals surface area (Å²) in [7, 11) is 11.9.